The topological polar surface area (TPSA) is 82.5 Å². The molecule has 0 aliphatic rings. The Balaban J connectivity index is 2.13. The number of aliphatic hydroxyl groups is 1. The molecule has 5 nitrogen and oxygen atoms in total. The summed E-state index contributed by atoms with van der Waals surface area (Å²) in [5, 5.41) is 21.3. The van der Waals surface area contributed by atoms with Crippen molar-refractivity contribution in [3.63, 3.8) is 0 Å². The highest BCUT2D eigenvalue weighted by Crippen LogP contribution is 2.22. The molecule has 0 saturated carbocycles. The molecule has 0 unspecified atom stereocenters. The minimum Gasteiger partial charge on any atom is -0.507 e. The third kappa shape index (κ3) is 3.35. The lowest BCUT2D eigenvalue weighted by atomic mass is 10.1. The van der Waals surface area contributed by atoms with Gasteiger partial charge in [0.05, 0.1) is 16.6 Å². The van der Waals surface area contributed by atoms with Gasteiger partial charge in [-0.2, -0.15) is 0 Å². The smallest absolute Gasteiger partial charge is 0.261 e. The lowest BCUT2D eigenvalue weighted by molar-refractivity contribution is 0.102. The van der Waals surface area contributed by atoms with Crippen LogP contribution in [0.15, 0.2) is 24.4 Å². The van der Waals surface area contributed by atoms with E-state index < -0.39 is 5.91 Å². The summed E-state index contributed by atoms with van der Waals surface area (Å²) in [5.41, 5.74) is 1.06. The van der Waals surface area contributed by atoms with E-state index in [1.807, 2.05) is 6.92 Å². The van der Waals surface area contributed by atoms with Gasteiger partial charge in [-0.15, -0.1) is 0 Å². The summed E-state index contributed by atoms with van der Waals surface area (Å²) >= 11 is 1.20. The van der Waals surface area contributed by atoms with Crippen LogP contribution in [0.3, 0.4) is 0 Å². The Morgan fingerprint density at radius 1 is 1.50 bits per heavy atom. The molecule has 1 aromatic carbocycles. The van der Waals surface area contributed by atoms with Crippen molar-refractivity contribution >= 4 is 22.4 Å². The van der Waals surface area contributed by atoms with Crippen LogP contribution in [0.1, 0.15) is 20.8 Å². The number of aromatic nitrogens is 1. The number of nitrogens with zero attached hydrogens (tertiary/aromatic N) is 1. The van der Waals surface area contributed by atoms with Gasteiger partial charge in [0.15, 0.2) is 5.13 Å². The van der Waals surface area contributed by atoms with Crippen LogP contribution in [-0.2, 0) is 0 Å². The number of aryl methyl sites for hydroxylation is 1. The number of aromatic hydroxyl groups is 1. The van der Waals surface area contributed by atoms with Gasteiger partial charge in [-0.25, -0.2) is 4.98 Å². The summed E-state index contributed by atoms with van der Waals surface area (Å²) in [6.45, 7) is 1.60. The molecule has 1 aromatic heterocycles. The molecule has 0 aliphatic carbocycles. The Hall–Kier alpha value is -2.36. The van der Waals surface area contributed by atoms with Crippen LogP contribution in [-0.4, -0.2) is 27.7 Å². The quantitative estimate of drug-likeness (QED) is 0.735. The number of aliphatic hydroxyl groups excluding tert-OH is 1. The normalized spacial score (nSPS) is 9.70. The largest absolute Gasteiger partial charge is 0.507 e. The van der Waals surface area contributed by atoms with Gasteiger partial charge >= 0.3 is 0 Å². The molecule has 0 spiro atoms. The van der Waals surface area contributed by atoms with Crippen molar-refractivity contribution in [2.24, 2.45) is 0 Å². The molecule has 102 valence electrons. The van der Waals surface area contributed by atoms with Gasteiger partial charge in [0.2, 0.25) is 0 Å². The minimum absolute atomic E-state index is 0.0700. The summed E-state index contributed by atoms with van der Waals surface area (Å²) in [6, 6.07) is 4.82. The van der Waals surface area contributed by atoms with Gasteiger partial charge in [0.1, 0.15) is 12.4 Å². The number of phenolic OH excluding ortho intramolecular Hbond substituents is 1. The van der Waals surface area contributed by atoms with Crippen LogP contribution in [0.2, 0.25) is 0 Å². The van der Waals surface area contributed by atoms with Crippen molar-refractivity contribution in [1.29, 1.82) is 0 Å². The molecule has 2 aromatic rings. The fourth-order valence-corrected chi connectivity index (χ4v) is 2.20. The number of benzene rings is 1. The van der Waals surface area contributed by atoms with Crippen molar-refractivity contribution in [3.05, 3.63) is 40.4 Å². The molecule has 0 fully saturated rings. The average molecular weight is 288 g/mol. The fourth-order valence-electron chi connectivity index (χ4n) is 1.51. The van der Waals surface area contributed by atoms with Gasteiger partial charge in [0.25, 0.3) is 5.91 Å². The van der Waals surface area contributed by atoms with E-state index in [1.165, 1.54) is 23.6 Å². The van der Waals surface area contributed by atoms with E-state index in [1.54, 1.807) is 12.1 Å². The monoisotopic (exact) mass is 288 g/mol. The second-order valence-electron chi connectivity index (χ2n) is 3.96. The van der Waals surface area contributed by atoms with Crippen molar-refractivity contribution in [1.82, 2.24) is 4.98 Å². The molecule has 0 radical (unpaired) electrons. The molecule has 1 heterocycles. The first-order valence-electron chi connectivity index (χ1n) is 5.76. The van der Waals surface area contributed by atoms with Crippen molar-refractivity contribution in [2.45, 2.75) is 6.92 Å². The molecule has 6 heteroatoms. The highest BCUT2D eigenvalue weighted by Gasteiger charge is 2.12. The molecule has 2 rings (SSSR count). The summed E-state index contributed by atoms with van der Waals surface area (Å²) in [6.07, 6.45) is 1.51. The van der Waals surface area contributed by atoms with Crippen LogP contribution < -0.4 is 5.32 Å². The van der Waals surface area contributed by atoms with E-state index in [2.05, 4.69) is 22.1 Å². The van der Waals surface area contributed by atoms with Crippen LogP contribution >= 0.6 is 11.3 Å². The Kier molecular flexibility index (Phi) is 4.35. The average Bonchev–Trinajstić information content (AvgIpc) is 2.83. The molecule has 3 N–H and O–H groups in total. The van der Waals surface area contributed by atoms with Crippen LogP contribution in [0.4, 0.5) is 5.13 Å². The number of carbonyl (C=O) groups excluding carboxylic acids is 1. The molecule has 0 bridgehead atoms. The first-order valence-corrected chi connectivity index (χ1v) is 6.58. The number of amides is 1. The lowest BCUT2D eigenvalue weighted by Crippen LogP contribution is -2.11. The molecular formula is C14H12N2O3S. The van der Waals surface area contributed by atoms with Crippen LogP contribution in [0.25, 0.3) is 0 Å². The van der Waals surface area contributed by atoms with E-state index >= 15 is 0 Å². The summed E-state index contributed by atoms with van der Waals surface area (Å²) in [4.78, 5) is 16.6. The maximum absolute atomic E-state index is 12.0. The molecule has 0 saturated heterocycles. The second kappa shape index (κ2) is 6.19. The zero-order chi connectivity index (χ0) is 14.5. The second-order valence-corrected chi connectivity index (χ2v) is 4.99. The van der Waals surface area contributed by atoms with Crippen molar-refractivity contribution in [2.75, 3.05) is 11.9 Å². The third-order valence-electron chi connectivity index (χ3n) is 2.41. The number of thiazole rings is 1. The van der Waals surface area contributed by atoms with Gasteiger partial charge < -0.3 is 10.2 Å². The third-order valence-corrected chi connectivity index (χ3v) is 3.24. The molecule has 1 amide bonds. The van der Waals surface area contributed by atoms with Crippen molar-refractivity contribution in [3.8, 4) is 17.6 Å². The summed E-state index contributed by atoms with van der Waals surface area (Å²) in [7, 11) is 0. The number of anilines is 1. The number of carbonyl (C=O) groups is 1. The maximum Gasteiger partial charge on any atom is 0.261 e. The minimum atomic E-state index is -0.432. The van der Waals surface area contributed by atoms with Gasteiger partial charge in [-0.1, -0.05) is 29.2 Å². The van der Waals surface area contributed by atoms with E-state index in [4.69, 9.17) is 5.11 Å². The number of hydrogen-bond donors (Lipinski definition) is 3. The van der Waals surface area contributed by atoms with Gasteiger partial charge in [-0.05, 0) is 24.6 Å². The van der Waals surface area contributed by atoms with E-state index in [-0.39, 0.29) is 17.9 Å². The summed E-state index contributed by atoms with van der Waals surface area (Å²) < 4.78 is 0. The van der Waals surface area contributed by atoms with Crippen LogP contribution in [0, 0.1) is 18.8 Å². The number of hydrogen-bond acceptors (Lipinski definition) is 5. The zero-order valence-corrected chi connectivity index (χ0v) is 11.5. The summed E-state index contributed by atoms with van der Waals surface area (Å²) in [5.74, 6) is 4.70. The number of rotatable bonds is 2. The zero-order valence-electron chi connectivity index (χ0n) is 10.7. The highest BCUT2D eigenvalue weighted by molar-refractivity contribution is 7.16. The van der Waals surface area contributed by atoms with E-state index in [9.17, 15) is 9.90 Å². The van der Waals surface area contributed by atoms with Gasteiger partial charge in [-0.3, -0.25) is 10.1 Å². The predicted octanol–water partition coefficient (Wildman–Crippen LogP) is 1.75. The lowest BCUT2D eigenvalue weighted by Gasteiger charge is -2.04. The Labute approximate surface area is 119 Å². The van der Waals surface area contributed by atoms with E-state index in [0.717, 1.165) is 5.56 Å². The first kappa shape index (κ1) is 14.1. The first-order chi connectivity index (χ1) is 9.60. The number of phenols is 1. The fraction of sp³-hybridized carbons (Fsp3) is 0.143. The number of nitrogens with one attached hydrogen (secondary N) is 1. The Bertz CT molecular complexity index is 698. The highest BCUT2D eigenvalue weighted by atomic mass is 32.1. The Morgan fingerprint density at radius 3 is 3.00 bits per heavy atom. The predicted molar refractivity (Wildman–Crippen MR) is 76.9 cm³/mol. The maximum atomic E-state index is 12.0. The van der Waals surface area contributed by atoms with Crippen LogP contribution in [0.5, 0.6) is 5.75 Å². The SMILES string of the molecule is Cc1ccc(C(=O)Nc2ncc(C#CCO)s2)c(O)c1. The molecule has 20 heavy (non-hydrogen) atoms. The molecular weight excluding hydrogens is 276 g/mol. The standard InChI is InChI=1S/C14H12N2O3S/c1-9-4-5-11(12(18)7-9)13(19)16-14-15-8-10(20-14)3-2-6-17/h4-5,7-8,17-18H,6H2,1H3,(H,15,16,19). The van der Waals surface area contributed by atoms with E-state index in [0.29, 0.717) is 10.0 Å². The van der Waals surface area contributed by atoms with Gasteiger partial charge in [0, 0.05) is 0 Å². The molecule has 0 atom stereocenters. The molecule has 0 aliphatic heterocycles. The Morgan fingerprint density at radius 2 is 2.30 bits per heavy atom. The van der Waals surface area contributed by atoms with Crippen molar-refractivity contribution < 1.29 is 15.0 Å².